The topological polar surface area (TPSA) is 66.8 Å². The number of rotatable bonds is 6. The van der Waals surface area contributed by atoms with E-state index in [4.69, 9.17) is 4.74 Å². The minimum atomic E-state index is -4.88. The van der Waals surface area contributed by atoms with Gasteiger partial charge in [0.05, 0.1) is 12.5 Å². The third-order valence-corrected chi connectivity index (χ3v) is 7.65. The largest absolute Gasteiger partial charge is 0.468 e. The van der Waals surface area contributed by atoms with Crippen LogP contribution in [0, 0.1) is 11.6 Å². The van der Waals surface area contributed by atoms with Gasteiger partial charge >= 0.3 is 12.1 Å². The molecule has 200 valence electrons. The summed E-state index contributed by atoms with van der Waals surface area (Å²) in [6, 6.07) is 7.47. The molecule has 0 bridgehead atoms. The van der Waals surface area contributed by atoms with Crippen LogP contribution in [0.4, 0.5) is 22.0 Å². The Morgan fingerprint density at radius 2 is 1.54 bits per heavy atom. The molecule has 37 heavy (non-hydrogen) atoms. The van der Waals surface area contributed by atoms with Crippen molar-refractivity contribution in [1.29, 1.82) is 0 Å². The lowest BCUT2D eigenvalue weighted by molar-refractivity contribution is -0.258. The summed E-state index contributed by atoms with van der Waals surface area (Å²) in [6.45, 7) is 0.653. The zero-order valence-electron chi connectivity index (χ0n) is 20.4. The van der Waals surface area contributed by atoms with E-state index in [1.54, 1.807) is 4.90 Å². The van der Waals surface area contributed by atoms with Crippen LogP contribution >= 0.6 is 0 Å². The van der Waals surface area contributed by atoms with Crippen LogP contribution in [0.3, 0.4) is 0 Å². The van der Waals surface area contributed by atoms with Gasteiger partial charge in [-0.2, -0.15) is 13.2 Å². The second kappa shape index (κ2) is 9.70. The van der Waals surface area contributed by atoms with Crippen LogP contribution in [0.1, 0.15) is 66.9 Å². The van der Waals surface area contributed by atoms with E-state index in [2.05, 4.69) is 0 Å². The number of methoxy groups -OCH3 is 1. The molecule has 1 amide bonds. The standard InChI is InChI=1S/C27H28F5NO4/c1-25(36,27(30,31)32)17-5-3-16(4-6-17)23(34)33(19-8-9-19)20-11-13-26(14-12-20,24(35)37-2)21-10-7-18(28)15-22(21)29/h3-7,10,15,19-20,36H,8-9,11-14H2,1-2H3. The first-order valence-corrected chi connectivity index (χ1v) is 12.1. The Morgan fingerprint density at radius 1 is 0.973 bits per heavy atom. The number of hydrogen-bond acceptors (Lipinski definition) is 4. The Morgan fingerprint density at radius 3 is 2.03 bits per heavy atom. The molecule has 4 rings (SSSR count). The van der Waals surface area contributed by atoms with Gasteiger partial charge in [0.25, 0.3) is 5.91 Å². The average molecular weight is 526 g/mol. The SMILES string of the molecule is COC(=O)C1(c2ccc(F)cc2F)CCC(N(C(=O)c2ccc(C(C)(O)C(F)(F)F)cc2)C2CC2)CC1. The van der Waals surface area contributed by atoms with E-state index < -0.39 is 34.8 Å². The third-order valence-electron chi connectivity index (χ3n) is 7.65. The van der Waals surface area contributed by atoms with Crippen LogP contribution in [0.5, 0.6) is 0 Å². The number of esters is 1. The predicted molar refractivity (Wildman–Crippen MR) is 124 cm³/mol. The van der Waals surface area contributed by atoms with Crippen LogP contribution < -0.4 is 0 Å². The van der Waals surface area contributed by atoms with Gasteiger partial charge in [-0.25, -0.2) is 8.78 Å². The van der Waals surface area contributed by atoms with Crippen LogP contribution in [0.2, 0.25) is 0 Å². The summed E-state index contributed by atoms with van der Waals surface area (Å²) in [4.78, 5) is 28.0. The van der Waals surface area contributed by atoms with Gasteiger partial charge in [0.1, 0.15) is 11.6 Å². The van der Waals surface area contributed by atoms with Gasteiger partial charge in [-0.1, -0.05) is 18.2 Å². The molecule has 0 saturated heterocycles. The highest BCUT2D eigenvalue weighted by molar-refractivity contribution is 5.95. The maximum atomic E-state index is 14.7. The molecule has 2 aromatic rings. The number of ether oxygens (including phenoxy) is 1. The van der Waals surface area contributed by atoms with Crippen molar-refractivity contribution in [3.8, 4) is 0 Å². The number of hydrogen-bond donors (Lipinski definition) is 1. The molecule has 1 N–H and O–H groups in total. The Balaban J connectivity index is 1.56. The maximum Gasteiger partial charge on any atom is 0.421 e. The Hall–Kier alpha value is -3.01. The highest BCUT2D eigenvalue weighted by atomic mass is 19.4. The average Bonchev–Trinajstić information content (AvgIpc) is 3.69. The quantitative estimate of drug-likeness (QED) is 0.406. The van der Waals surface area contributed by atoms with E-state index in [0.29, 0.717) is 19.8 Å². The molecular formula is C27H28F5NO4. The monoisotopic (exact) mass is 525 g/mol. The normalized spacial score (nSPS) is 23.7. The minimum Gasteiger partial charge on any atom is -0.468 e. The molecule has 2 fully saturated rings. The van der Waals surface area contributed by atoms with E-state index in [-0.39, 0.29) is 47.5 Å². The van der Waals surface area contributed by atoms with Crippen molar-refractivity contribution in [3.05, 3.63) is 70.8 Å². The number of alkyl halides is 3. The zero-order chi connectivity index (χ0) is 27.2. The van der Waals surface area contributed by atoms with Crippen LogP contribution in [-0.4, -0.2) is 47.3 Å². The van der Waals surface area contributed by atoms with Crippen molar-refractivity contribution in [2.24, 2.45) is 0 Å². The molecule has 0 spiro atoms. The molecule has 1 unspecified atom stereocenters. The van der Waals surface area contributed by atoms with Crippen LogP contribution in [0.25, 0.3) is 0 Å². The predicted octanol–water partition coefficient (Wildman–Crippen LogP) is 5.39. The summed E-state index contributed by atoms with van der Waals surface area (Å²) >= 11 is 0. The lowest BCUT2D eigenvalue weighted by Gasteiger charge is -2.42. The number of carbonyl (C=O) groups is 2. The number of halogens is 5. The van der Waals surface area contributed by atoms with Crippen molar-refractivity contribution < 1.29 is 41.4 Å². The number of amides is 1. The molecule has 2 aliphatic carbocycles. The molecular weight excluding hydrogens is 497 g/mol. The summed E-state index contributed by atoms with van der Waals surface area (Å²) in [6.07, 6.45) is -2.26. The molecule has 0 aromatic heterocycles. The smallest absolute Gasteiger partial charge is 0.421 e. The summed E-state index contributed by atoms with van der Waals surface area (Å²) in [5.41, 5.74) is -4.51. The summed E-state index contributed by atoms with van der Waals surface area (Å²) in [7, 11) is 1.21. The molecule has 2 aromatic carbocycles. The van der Waals surface area contributed by atoms with Crippen molar-refractivity contribution in [2.45, 2.75) is 74.7 Å². The van der Waals surface area contributed by atoms with E-state index in [0.717, 1.165) is 37.1 Å². The van der Waals surface area contributed by atoms with Gasteiger partial charge in [-0.15, -0.1) is 0 Å². The molecule has 0 heterocycles. The number of nitrogens with zero attached hydrogens (tertiary/aromatic N) is 1. The molecule has 1 atom stereocenters. The maximum absolute atomic E-state index is 14.7. The lowest BCUT2D eigenvalue weighted by Crippen LogP contribution is -2.49. The van der Waals surface area contributed by atoms with Gasteiger partial charge in [0.15, 0.2) is 5.60 Å². The first-order chi connectivity index (χ1) is 17.3. The molecule has 2 saturated carbocycles. The van der Waals surface area contributed by atoms with Crippen molar-refractivity contribution >= 4 is 11.9 Å². The number of aliphatic hydroxyl groups is 1. The lowest BCUT2D eigenvalue weighted by atomic mass is 9.67. The fourth-order valence-corrected chi connectivity index (χ4v) is 5.26. The van der Waals surface area contributed by atoms with E-state index in [9.17, 15) is 36.6 Å². The van der Waals surface area contributed by atoms with Crippen molar-refractivity contribution in [2.75, 3.05) is 7.11 Å². The second-order valence-electron chi connectivity index (χ2n) is 10.0. The molecule has 5 nitrogen and oxygen atoms in total. The Labute approximate surface area is 211 Å². The van der Waals surface area contributed by atoms with Gasteiger partial charge in [-0.05, 0) is 69.2 Å². The fourth-order valence-electron chi connectivity index (χ4n) is 5.26. The molecule has 0 aliphatic heterocycles. The molecule has 10 heteroatoms. The van der Waals surface area contributed by atoms with E-state index in [1.807, 2.05) is 0 Å². The van der Waals surface area contributed by atoms with Gasteiger partial charge in [-0.3, -0.25) is 9.59 Å². The first-order valence-electron chi connectivity index (χ1n) is 12.1. The Bertz CT molecular complexity index is 1170. The molecule has 0 radical (unpaired) electrons. The van der Waals surface area contributed by atoms with Crippen LogP contribution in [0.15, 0.2) is 42.5 Å². The van der Waals surface area contributed by atoms with Gasteiger partial charge in [0.2, 0.25) is 0 Å². The van der Waals surface area contributed by atoms with Crippen LogP contribution in [-0.2, 0) is 20.5 Å². The minimum absolute atomic E-state index is 0.0383. The number of carbonyl (C=O) groups excluding carboxylic acids is 2. The Kier molecular flexibility index (Phi) is 7.09. The molecule has 2 aliphatic rings. The first kappa shape index (κ1) is 27.0. The van der Waals surface area contributed by atoms with E-state index in [1.165, 1.54) is 25.3 Å². The third kappa shape index (κ3) is 4.95. The fraction of sp³-hybridized carbons (Fsp3) is 0.481. The number of benzene rings is 2. The highest BCUT2D eigenvalue weighted by Crippen LogP contribution is 2.45. The van der Waals surface area contributed by atoms with Gasteiger partial charge in [0, 0.05) is 29.3 Å². The second-order valence-corrected chi connectivity index (χ2v) is 10.0. The zero-order valence-corrected chi connectivity index (χ0v) is 20.4. The summed E-state index contributed by atoms with van der Waals surface area (Å²) < 4.78 is 72.7. The summed E-state index contributed by atoms with van der Waals surface area (Å²) in [5, 5.41) is 9.90. The van der Waals surface area contributed by atoms with Crippen molar-refractivity contribution in [1.82, 2.24) is 4.90 Å². The van der Waals surface area contributed by atoms with E-state index >= 15 is 0 Å². The summed E-state index contributed by atoms with van der Waals surface area (Å²) in [5.74, 6) is -2.59. The van der Waals surface area contributed by atoms with Crippen molar-refractivity contribution in [3.63, 3.8) is 0 Å². The highest BCUT2D eigenvalue weighted by Gasteiger charge is 2.51. The van der Waals surface area contributed by atoms with Gasteiger partial charge < -0.3 is 14.7 Å².